The van der Waals surface area contributed by atoms with Crippen LogP contribution in [0.25, 0.3) is 5.69 Å². The van der Waals surface area contributed by atoms with Crippen LogP contribution >= 0.6 is 0 Å². The summed E-state index contributed by atoms with van der Waals surface area (Å²) in [6, 6.07) is 23.5. The summed E-state index contributed by atoms with van der Waals surface area (Å²) in [5, 5.41) is 10.9. The Kier molecular flexibility index (Phi) is 7.78. The Bertz CT molecular complexity index is 1670. The number of aromatic nitrogens is 5. The number of hydrogen-bond acceptors (Lipinski definition) is 8. The number of methoxy groups -OCH3 is 1. The standard InChI is InChI=1S/C32H33FN8O/c1-4-34-31-27-19-40(17-22-10-13-25(42-3)14-11-22)18-26(23-8-6-5-7-9-23)30(27)37-32(38-31)36-24-12-15-29(28(33)16-24)41-20-35-21(2)39-41/h5-16,20,26H,4,17-19H2,1-3H3,(H2,34,36,37,38). The Balaban J connectivity index is 1.34. The van der Waals surface area contributed by atoms with Crippen molar-refractivity contribution in [1.82, 2.24) is 29.6 Å². The number of ether oxygens (including phenoxy) is 1. The second kappa shape index (κ2) is 12.0. The summed E-state index contributed by atoms with van der Waals surface area (Å²) < 4.78 is 21.8. The average molecular weight is 565 g/mol. The summed E-state index contributed by atoms with van der Waals surface area (Å²) in [5.41, 5.74) is 5.30. The number of aryl methyl sites for hydroxylation is 1. The number of halogens is 1. The number of benzene rings is 3. The number of fused-ring (bicyclic) bond motifs is 1. The minimum atomic E-state index is -0.425. The van der Waals surface area contributed by atoms with Gasteiger partial charge in [-0.05, 0) is 55.3 Å². The Morgan fingerprint density at radius 2 is 1.83 bits per heavy atom. The van der Waals surface area contributed by atoms with Crippen LogP contribution in [-0.2, 0) is 13.1 Å². The maximum absolute atomic E-state index is 15.1. The van der Waals surface area contributed by atoms with Gasteiger partial charge in [-0.25, -0.2) is 19.0 Å². The van der Waals surface area contributed by atoms with E-state index in [-0.39, 0.29) is 5.92 Å². The molecule has 0 bridgehead atoms. The number of anilines is 3. The van der Waals surface area contributed by atoms with Crippen molar-refractivity contribution < 1.29 is 9.13 Å². The molecule has 2 aromatic heterocycles. The normalized spacial score (nSPS) is 14.8. The van der Waals surface area contributed by atoms with Crippen molar-refractivity contribution in [3.8, 4) is 11.4 Å². The zero-order valence-corrected chi connectivity index (χ0v) is 23.9. The van der Waals surface area contributed by atoms with Crippen LogP contribution in [0.5, 0.6) is 5.75 Å². The van der Waals surface area contributed by atoms with Gasteiger partial charge in [0.25, 0.3) is 0 Å². The van der Waals surface area contributed by atoms with Crippen molar-refractivity contribution in [1.29, 1.82) is 0 Å². The first-order valence-corrected chi connectivity index (χ1v) is 14.0. The van der Waals surface area contributed by atoms with Gasteiger partial charge < -0.3 is 15.4 Å². The molecular formula is C32H33FN8O. The summed E-state index contributed by atoms with van der Waals surface area (Å²) in [4.78, 5) is 16.4. The highest BCUT2D eigenvalue weighted by atomic mass is 19.1. The SMILES string of the molecule is CCNc1nc(Nc2ccc(-n3cnc(C)n3)c(F)c2)nc2c1CN(Cc1ccc(OC)cc1)CC2c1ccccc1. The highest BCUT2D eigenvalue weighted by molar-refractivity contribution is 5.60. The van der Waals surface area contributed by atoms with E-state index in [0.717, 1.165) is 35.9 Å². The highest BCUT2D eigenvalue weighted by Gasteiger charge is 2.31. The first kappa shape index (κ1) is 27.3. The Hall–Kier alpha value is -4.83. The molecule has 9 nitrogen and oxygen atoms in total. The third-order valence-corrected chi connectivity index (χ3v) is 7.36. The topological polar surface area (TPSA) is 93.0 Å². The summed E-state index contributed by atoms with van der Waals surface area (Å²) in [6.45, 7) is 6.81. The fraction of sp³-hybridized carbons (Fsp3) is 0.250. The predicted octanol–water partition coefficient (Wildman–Crippen LogP) is 5.84. The monoisotopic (exact) mass is 564 g/mol. The van der Waals surface area contributed by atoms with Crippen molar-refractivity contribution in [2.24, 2.45) is 0 Å². The molecule has 42 heavy (non-hydrogen) atoms. The summed E-state index contributed by atoms with van der Waals surface area (Å²) in [7, 11) is 1.68. The minimum Gasteiger partial charge on any atom is -0.497 e. The fourth-order valence-corrected chi connectivity index (χ4v) is 5.37. The molecule has 0 saturated carbocycles. The zero-order valence-electron chi connectivity index (χ0n) is 23.9. The van der Waals surface area contributed by atoms with Gasteiger partial charge in [0, 0.05) is 43.3 Å². The number of nitrogens with one attached hydrogen (secondary N) is 2. The van der Waals surface area contributed by atoms with E-state index in [1.54, 1.807) is 26.2 Å². The van der Waals surface area contributed by atoms with Crippen molar-refractivity contribution in [2.45, 2.75) is 32.9 Å². The number of nitrogens with zero attached hydrogens (tertiary/aromatic N) is 6. The molecule has 1 aliphatic heterocycles. The van der Waals surface area contributed by atoms with Crippen LogP contribution in [0, 0.1) is 12.7 Å². The van der Waals surface area contributed by atoms with Crippen LogP contribution < -0.4 is 15.4 Å². The molecule has 2 N–H and O–H groups in total. The van der Waals surface area contributed by atoms with E-state index in [1.807, 2.05) is 25.1 Å². The van der Waals surface area contributed by atoms with Gasteiger partial charge in [0.05, 0.1) is 12.8 Å². The number of rotatable bonds is 9. The molecule has 1 unspecified atom stereocenters. The molecule has 10 heteroatoms. The molecule has 0 radical (unpaired) electrons. The molecule has 0 aliphatic carbocycles. The van der Waals surface area contributed by atoms with E-state index in [1.165, 1.54) is 28.2 Å². The van der Waals surface area contributed by atoms with Crippen LogP contribution in [0.4, 0.5) is 21.8 Å². The van der Waals surface area contributed by atoms with Gasteiger partial charge in [0.2, 0.25) is 5.95 Å². The van der Waals surface area contributed by atoms with Gasteiger partial charge in [-0.1, -0.05) is 42.5 Å². The third-order valence-electron chi connectivity index (χ3n) is 7.36. The maximum atomic E-state index is 15.1. The van der Waals surface area contributed by atoms with E-state index in [0.29, 0.717) is 36.2 Å². The van der Waals surface area contributed by atoms with Crippen molar-refractivity contribution >= 4 is 17.5 Å². The lowest BCUT2D eigenvalue weighted by Crippen LogP contribution is -2.35. The predicted molar refractivity (Wildman–Crippen MR) is 161 cm³/mol. The molecule has 0 fully saturated rings. The molecule has 214 valence electrons. The van der Waals surface area contributed by atoms with Crippen LogP contribution in [0.1, 0.15) is 41.1 Å². The van der Waals surface area contributed by atoms with Crippen molar-refractivity contribution in [3.05, 3.63) is 113 Å². The Labute approximate surface area is 244 Å². The van der Waals surface area contributed by atoms with Crippen LogP contribution in [0.2, 0.25) is 0 Å². The minimum absolute atomic E-state index is 0.0313. The van der Waals surface area contributed by atoms with Gasteiger partial charge in [-0.2, -0.15) is 10.1 Å². The second-order valence-electron chi connectivity index (χ2n) is 10.3. The Morgan fingerprint density at radius 3 is 2.52 bits per heavy atom. The summed E-state index contributed by atoms with van der Waals surface area (Å²) >= 11 is 0. The van der Waals surface area contributed by atoms with Crippen LogP contribution in [0.3, 0.4) is 0 Å². The van der Waals surface area contributed by atoms with E-state index in [9.17, 15) is 0 Å². The molecule has 6 rings (SSSR count). The molecule has 1 aliphatic rings. The molecule has 0 saturated heterocycles. The second-order valence-corrected chi connectivity index (χ2v) is 10.3. The number of hydrogen-bond donors (Lipinski definition) is 2. The first-order valence-electron chi connectivity index (χ1n) is 14.0. The largest absolute Gasteiger partial charge is 0.497 e. The zero-order chi connectivity index (χ0) is 29.1. The Morgan fingerprint density at radius 1 is 1.02 bits per heavy atom. The van der Waals surface area contributed by atoms with E-state index < -0.39 is 5.82 Å². The molecule has 0 spiro atoms. The molecule has 3 aromatic carbocycles. The molecule has 0 amide bonds. The van der Waals surface area contributed by atoms with Gasteiger partial charge in [-0.3, -0.25) is 4.90 Å². The molecule has 5 aromatic rings. The van der Waals surface area contributed by atoms with E-state index in [4.69, 9.17) is 14.7 Å². The van der Waals surface area contributed by atoms with Gasteiger partial charge >= 0.3 is 0 Å². The van der Waals surface area contributed by atoms with Crippen LogP contribution in [0.15, 0.2) is 79.1 Å². The third kappa shape index (κ3) is 5.80. The van der Waals surface area contributed by atoms with E-state index in [2.05, 4.69) is 62.0 Å². The lowest BCUT2D eigenvalue weighted by molar-refractivity contribution is 0.229. The highest BCUT2D eigenvalue weighted by Crippen LogP contribution is 2.37. The molecule has 3 heterocycles. The first-order chi connectivity index (χ1) is 20.5. The van der Waals surface area contributed by atoms with Gasteiger partial charge in [0.15, 0.2) is 5.82 Å². The summed E-state index contributed by atoms with van der Waals surface area (Å²) in [5.74, 6) is 2.22. The van der Waals surface area contributed by atoms with E-state index >= 15 is 4.39 Å². The molecular weight excluding hydrogens is 531 g/mol. The van der Waals surface area contributed by atoms with Crippen LogP contribution in [-0.4, -0.2) is 49.8 Å². The van der Waals surface area contributed by atoms with Gasteiger partial charge in [-0.15, -0.1) is 0 Å². The maximum Gasteiger partial charge on any atom is 0.229 e. The smallest absolute Gasteiger partial charge is 0.229 e. The molecule has 1 atom stereocenters. The average Bonchev–Trinajstić information content (AvgIpc) is 3.44. The van der Waals surface area contributed by atoms with Crippen molar-refractivity contribution in [3.63, 3.8) is 0 Å². The lowest BCUT2D eigenvalue weighted by atomic mass is 9.88. The van der Waals surface area contributed by atoms with Gasteiger partial charge in [0.1, 0.15) is 29.4 Å². The summed E-state index contributed by atoms with van der Waals surface area (Å²) in [6.07, 6.45) is 1.50. The fourth-order valence-electron chi connectivity index (χ4n) is 5.37. The van der Waals surface area contributed by atoms with Crippen molar-refractivity contribution in [2.75, 3.05) is 30.8 Å². The lowest BCUT2D eigenvalue weighted by Gasteiger charge is -2.35. The quantitative estimate of drug-likeness (QED) is 0.231.